The first kappa shape index (κ1) is 13.3. The number of hydrogen-bond donors (Lipinski definition) is 0. The summed E-state index contributed by atoms with van der Waals surface area (Å²) in [5, 5.41) is 4.81. The van der Waals surface area contributed by atoms with Crippen LogP contribution in [0.2, 0.25) is 5.15 Å². The van der Waals surface area contributed by atoms with Crippen LogP contribution in [-0.4, -0.2) is 24.1 Å². The van der Waals surface area contributed by atoms with Crippen molar-refractivity contribution in [1.29, 1.82) is 0 Å². The van der Waals surface area contributed by atoms with Crippen molar-refractivity contribution in [2.24, 2.45) is 7.05 Å². The molecule has 0 radical (unpaired) electrons. The third-order valence-electron chi connectivity index (χ3n) is 4.05. The number of aryl methyl sites for hydroxylation is 1. The van der Waals surface area contributed by atoms with E-state index in [1.807, 2.05) is 36.3 Å². The highest BCUT2D eigenvalue weighted by Gasteiger charge is 2.16. The Kier molecular flexibility index (Phi) is 2.90. The lowest BCUT2D eigenvalue weighted by molar-refractivity contribution is 0.790. The van der Waals surface area contributed by atoms with Gasteiger partial charge in [0.1, 0.15) is 5.15 Å². The van der Waals surface area contributed by atoms with E-state index in [1.54, 1.807) is 10.6 Å². The van der Waals surface area contributed by atoms with Gasteiger partial charge in [-0.15, -0.1) is 0 Å². The average Bonchev–Trinajstić information content (AvgIpc) is 3.10. The molecule has 4 rings (SSSR count). The molecule has 3 aromatic heterocycles. The van der Waals surface area contributed by atoms with Gasteiger partial charge >= 0.3 is 0 Å². The molecule has 1 aromatic carbocycles. The normalized spacial score (nSPS) is 13.0. The summed E-state index contributed by atoms with van der Waals surface area (Å²) in [7, 11) is 2.00. The second-order valence-electron chi connectivity index (χ2n) is 5.43. The van der Waals surface area contributed by atoms with Gasteiger partial charge in [0.2, 0.25) is 0 Å². The number of imidazole rings is 2. The summed E-state index contributed by atoms with van der Waals surface area (Å²) in [4.78, 5) is 8.76. The highest BCUT2D eigenvalue weighted by atomic mass is 35.5. The maximum Gasteiger partial charge on any atom is 0.153 e. The van der Waals surface area contributed by atoms with Crippen LogP contribution < -0.4 is 0 Å². The summed E-state index contributed by atoms with van der Waals surface area (Å²) in [5.74, 6) is 0.153. The van der Waals surface area contributed by atoms with Crippen molar-refractivity contribution in [2.75, 3.05) is 0 Å². The largest absolute Gasteiger partial charge is 0.334 e. The van der Waals surface area contributed by atoms with E-state index in [0.29, 0.717) is 5.15 Å². The summed E-state index contributed by atoms with van der Waals surface area (Å²) in [5.41, 5.74) is 5.12. The molecule has 0 aliphatic rings. The van der Waals surface area contributed by atoms with Crippen LogP contribution in [-0.2, 0) is 7.05 Å². The van der Waals surface area contributed by atoms with Gasteiger partial charge in [-0.1, -0.05) is 24.6 Å². The second kappa shape index (κ2) is 4.81. The van der Waals surface area contributed by atoms with E-state index in [2.05, 4.69) is 34.1 Å². The maximum atomic E-state index is 6.01. The summed E-state index contributed by atoms with van der Waals surface area (Å²) in [6, 6.07) is 9.93. The molecule has 0 saturated carbocycles. The van der Waals surface area contributed by atoms with Crippen molar-refractivity contribution in [3.63, 3.8) is 0 Å². The highest BCUT2D eigenvalue weighted by molar-refractivity contribution is 6.29. The molecule has 0 fully saturated rings. The molecule has 0 bridgehead atoms. The number of aromatic nitrogens is 5. The minimum absolute atomic E-state index is 0.153. The van der Waals surface area contributed by atoms with Crippen molar-refractivity contribution < 1.29 is 0 Å². The number of halogens is 1. The summed E-state index contributed by atoms with van der Waals surface area (Å²) in [6.07, 6.45) is 3.69. The van der Waals surface area contributed by atoms with Crippen LogP contribution in [0.25, 0.3) is 16.7 Å². The molecule has 5 nitrogen and oxygen atoms in total. The smallest absolute Gasteiger partial charge is 0.153 e. The Morgan fingerprint density at radius 1 is 1.14 bits per heavy atom. The van der Waals surface area contributed by atoms with Crippen LogP contribution in [0.1, 0.15) is 24.1 Å². The van der Waals surface area contributed by atoms with E-state index in [1.165, 1.54) is 5.56 Å². The fraction of sp³-hybridized carbons (Fsp3) is 0.188. The standard InChI is InChI=1S/C16H14ClN5/c1-10(11-3-4-12-13(7-11)21(2)9-19-12)14-8-18-16-6-5-15(17)20-22(14)16/h3-10H,1-2H3. The molecule has 0 amide bonds. The van der Waals surface area contributed by atoms with Gasteiger partial charge in [0.05, 0.1) is 29.3 Å². The number of nitrogens with zero attached hydrogens (tertiary/aromatic N) is 5. The number of hydrogen-bond acceptors (Lipinski definition) is 3. The van der Waals surface area contributed by atoms with Crippen molar-refractivity contribution in [2.45, 2.75) is 12.8 Å². The third kappa shape index (κ3) is 1.97. The Labute approximate surface area is 132 Å². The van der Waals surface area contributed by atoms with Crippen LogP contribution in [0.3, 0.4) is 0 Å². The average molecular weight is 312 g/mol. The molecular formula is C16H14ClN5. The lowest BCUT2D eigenvalue weighted by Gasteiger charge is -2.11. The molecule has 0 aliphatic heterocycles. The molecule has 110 valence electrons. The Morgan fingerprint density at radius 3 is 2.86 bits per heavy atom. The summed E-state index contributed by atoms with van der Waals surface area (Å²) in [6.45, 7) is 2.14. The van der Waals surface area contributed by atoms with Gasteiger partial charge in [-0.05, 0) is 29.8 Å². The van der Waals surface area contributed by atoms with Gasteiger partial charge < -0.3 is 4.57 Å². The molecular weight excluding hydrogens is 298 g/mol. The Balaban J connectivity index is 1.85. The predicted octanol–water partition coefficient (Wildman–Crippen LogP) is 3.42. The first-order valence-electron chi connectivity index (χ1n) is 7.04. The predicted molar refractivity (Wildman–Crippen MR) is 86.2 cm³/mol. The molecule has 0 aliphatic carbocycles. The minimum atomic E-state index is 0.153. The summed E-state index contributed by atoms with van der Waals surface area (Å²) < 4.78 is 3.83. The molecule has 22 heavy (non-hydrogen) atoms. The SMILES string of the molecule is CC(c1ccc2ncn(C)c2c1)c1cnc2ccc(Cl)nn12. The third-order valence-corrected chi connectivity index (χ3v) is 4.25. The van der Waals surface area contributed by atoms with Crippen molar-refractivity contribution in [3.8, 4) is 0 Å². The molecule has 1 unspecified atom stereocenters. The Morgan fingerprint density at radius 2 is 2.00 bits per heavy atom. The molecule has 0 N–H and O–H groups in total. The van der Waals surface area contributed by atoms with Gasteiger partial charge in [-0.3, -0.25) is 0 Å². The first-order chi connectivity index (χ1) is 10.6. The maximum absolute atomic E-state index is 6.01. The van der Waals surface area contributed by atoms with Gasteiger partial charge in [-0.25, -0.2) is 14.5 Å². The van der Waals surface area contributed by atoms with E-state index in [0.717, 1.165) is 22.4 Å². The van der Waals surface area contributed by atoms with E-state index in [9.17, 15) is 0 Å². The minimum Gasteiger partial charge on any atom is -0.334 e. The lowest BCUT2D eigenvalue weighted by atomic mass is 9.98. The van der Waals surface area contributed by atoms with E-state index < -0.39 is 0 Å². The topological polar surface area (TPSA) is 48.0 Å². The van der Waals surface area contributed by atoms with E-state index in [4.69, 9.17) is 11.6 Å². The monoisotopic (exact) mass is 311 g/mol. The molecule has 0 spiro atoms. The molecule has 1 atom stereocenters. The van der Waals surface area contributed by atoms with Gasteiger partial charge in [0.15, 0.2) is 5.65 Å². The zero-order valence-electron chi connectivity index (χ0n) is 12.2. The van der Waals surface area contributed by atoms with Crippen molar-refractivity contribution >= 4 is 28.3 Å². The van der Waals surface area contributed by atoms with Gasteiger partial charge in [-0.2, -0.15) is 5.10 Å². The van der Waals surface area contributed by atoms with E-state index in [-0.39, 0.29) is 5.92 Å². The number of fused-ring (bicyclic) bond motifs is 2. The fourth-order valence-corrected chi connectivity index (χ4v) is 2.89. The molecule has 3 heterocycles. The van der Waals surface area contributed by atoms with Crippen LogP contribution in [0.5, 0.6) is 0 Å². The number of benzene rings is 1. The van der Waals surface area contributed by atoms with Crippen molar-refractivity contribution in [3.05, 3.63) is 59.3 Å². The summed E-state index contributed by atoms with van der Waals surface area (Å²) >= 11 is 6.01. The fourth-order valence-electron chi connectivity index (χ4n) is 2.75. The molecule has 4 aromatic rings. The van der Waals surface area contributed by atoms with Gasteiger partial charge in [0, 0.05) is 13.0 Å². The van der Waals surface area contributed by atoms with Crippen LogP contribution >= 0.6 is 11.6 Å². The van der Waals surface area contributed by atoms with Crippen LogP contribution in [0.4, 0.5) is 0 Å². The first-order valence-corrected chi connectivity index (χ1v) is 7.42. The van der Waals surface area contributed by atoms with Crippen molar-refractivity contribution in [1.82, 2.24) is 24.1 Å². The van der Waals surface area contributed by atoms with Gasteiger partial charge in [0.25, 0.3) is 0 Å². The quantitative estimate of drug-likeness (QED) is 0.570. The molecule has 0 saturated heterocycles. The zero-order valence-corrected chi connectivity index (χ0v) is 13.0. The zero-order chi connectivity index (χ0) is 15.3. The number of rotatable bonds is 2. The second-order valence-corrected chi connectivity index (χ2v) is 5.82. The van der Waals surface area contributed by atoms with E-state index >= 15 is 0 Å². The van der Waals surface area contributed by atoms with Crippen LogP contribution in [0, 0.1) is 0 Å². The van der Waals surface area contributed by atoms with Crippen LogP contribution in [0.15, 0.2) is 42.9 Å². The Hall–Kier alpha value is -2.40. The molecule has 6 heteroatoms. The highest BCUT2D eigenvalue weighted by Crippen LogP contribution is 2.27. The Bertz CT molecular complexity index is 985. The lowest BCUT2D eigenvalue weighted by Crippen LogP contribution is -2.03.